The first-order chi connectivity index (χ1) is 9.20. The maximum atomic E-state index is 5.10. The zero-order valence-corrected chi connectivity index (χ0v) is 13.6. The summed E-state index contributed by atoms with van der Waals surface area (Å²) >= 11 is 3.90. The highest BCUT2D eigenvalue weighted by atomic mass is 32.2. The molecule has 0 spiro atoms. The molecule has 0 radical (unpaired) electrons. The van der Waals surface area contributed by atoms with Crippen LogP contribution in [0.3, 0.4) is 0 Å². The Labute approximate surface area is 124 Å². The highest BCUT2D eigenvalue weighted by Gasteiger charge is 2.25. The number of nitrogens with one attached hydrogen (secondary N) is 1. The Kier molecular flexibility index (Phi) is 6.16. The van der Waals surface area contributed by atoms with Crippen molar-refractivity contribution >= 4 is 23.1 Å². The van der Waals surface area contributed by atoms with Crippen LogP contribution in [0.1, 0.15) is 24.9 Å². The van der Waals surface area contributed by atoms with Crippen LogP contribution in [0.5, 0.6) is 0 Å². The summed E-state index contributed by atoms with van der Waals surface area (Å²) in [6, 6.07) is 2.82. The lowest BCUT2D eigenvalue weighted by molar-refractivity contribution is 0.161. The van der Waals surface area contributed by atoms with E-state index in [4.69, 9.17) is 4.74 Å². The van der Waals surface area contributed by atoms with Gasteiger partial charge in [-0.25, -0.2) is 0 Å². The SMILES string of the molecule is COCCN(C)CCNC1C[C@H](C)Sc2sccc21. The van der Waals surface area contributed by atoms with Crippen molar-refractivity contribution in [1.82, 2.24) is 10.2 Å². The molecule has 0 aliphatic carbocycles. The van der Waals surface area contributed by atoms with Gasteiger partial charge in [0.25, 0.3) is 0 Å². The quantitative estimate of drug-likeness (QED) is 0.837. The van der Waals surface area contributed by atoms with Gasteiger partial charge in [0, 0.05) is 38.0 Å². The van der Waals surface area contributed by atoms with Crippen LogP contribution in [0, 0.1) is 0 Å². The topological polar surface area (TPSA) is 24.5 Å². The summed E-state index contributed by atoms with van der Waals surface area (Å²) in [5, 5.41) is 6.65. The molecule has 0 bridgehead atoms. The summed E-state index contributed by atoms with van der Waals surface area (Å²) in [7, 11) is 3.90. The molecule has 1 unspecified atom stereocenters. The van der Waals surface area contributed by atoms with E-state index in [9.17, 15) is 0 Å². The van der Waals surface area contributed by atoms with E-state index in [0.717, 1.165) is 31.5 Å². The second-order valence-corrected chi connectivity index (χ2v) is 7.75. The van der Waals surface area contributed by atoms with Crippen LogP contribution >= 0.6 is 23.1 Å². The summed E-state index contributed by atoms with van der Waals surface area (Å²) in [6.07, 6.45) is 1.23. The Balaban J connectivity index is 1.77. The molecule has 0 fully saturated rings. The second kappa shape index (κ2) is 7.64. The molecule has 1 N–H and O–H groups in total. The molecule has 1 aliphatic heterocycles. The lowest BCUT2D eigenvalue weighted by Gasteiger charge is -2.28. The fourth-order valence-electron chi connectivity index (χ4n) is 2.33. The molecule has 108 valence electrons. The van der Waals surface area contributed by atoms with Crippen molar-refractivity contribution in [2.24, 2.45) is 0 Å². The highest BCUT2D eigenvalue weighted by Crippen LogP contribution is 2.43. The van der Waals surface area contributed by atoms with Gasteiger partial charge in [-0.3, -0.25) is 0 Å². The van der Waals surface area contributed by atoms with Crippen molar-refractivity contribution in [2.45, 2.75) is 28.8 Å². The average Bonchev–Trinajstić information content (AvgIpc) is 2.84. The summed E-state index contributed by atoms with van der Waals surface area (Å²) in [5.41, 5.74) is 1.51. The van der Waals surface area contributed by atoms with Crippen molar-refractivity contribution in [3.8, 4) is 0 Å². The van der Waals surface area contributed by atoms with Gasteiger partial charge >= 0.3 is 0 Å². The number of hydrogen-bond acceptors (Lipinski definition) is 5. The fourth-order valence-corrected chi connectivity index (χ4v) is 4.90. The molecule has 2 rings (SSSR count). The number of hydrogen-bond donors (Lipinski definition) is 1. The molecular formula is C14H24N2OS2. The zero-order chi connectivity index (χ0) is 13.7. The van der Waals surface area contributed by atoms with Gasteiger partial charge in [-0.2, -0.15) is 0 Å². The number of fused-ring (bicyclic) bond motifs is 1. The summed E-state index contributed by atoms with van der Waals surface area (Å²) in [5.74, 6) is 0. The molecule has 1 aromatic heterocycles. The normalized spacial score (nSPS) is 22.7. The van der Waals surface area contributed by atoms with Gasteiger partial charge in [0.15, 0.2) is 0 Å². The van der Waals surface area contributed by atoms with Crippen LogP contribution in [0.25, 0.3) is 0 Å². The number of likely N-dealkylation sites (N-methyl/N-ethyl adjacent to an activating group) is 1. The molecule has 5 heteroatoms. The van der Waals surface area contributed by atoms with Gasteiger partial charge in [-0.15, -0.1) is 23.1 Å². The number of methoxy groups -OCH3 is 1. The lowest BCUT2D eigenvalue weighted by Crippen LogP contribution is -2.34. The standard InChI is InChI=1S/C14H24N2OS2/c1-11-10-13(12-4-9-18-14(12)19-11)15-5-6-16(2)7-8-17-3/h4,9,11,13,15H,5-8,10H2,1-3H3/t11-,13?/m0/s1. The van der Waals surface area contributed by atoms with Gasteiger partial charge in [0.1, 0.15) is 0 Å². The molecule has 2 heterocycles. The van der Waals surface area contributed by atoms with Crippen LogP contribution < -0.4 is 5.32 Å². The predicted molar refractivity (Wildman–Crippen MR) is 84.4 cm³/mol. The third kappa shape index (κ3) is 4.46. The van der Waals surface area contributed by atoms with E-state index in [0.29, 0.717) is 6.04 Å². The van der Waals surface area contributed by atoms with Crippen LogP contribution in [0.2, 0.25) is 0 Å². The Morgan fingerprint density at radius 2 is 2.32 bits per heavy atom. The minimum Gasteiger partial charge on any atom is -0.383 e. The van der Waals surface area contributed by atoms with E-state index in [1.165, 1.54) is 16.2 Å². The number of nitrogens with zero attached hydrogens (tertiary/aromatic N) is 1. The van der Waals surface area contributed by atoms with E-state index >= 15 is 0 Å². The Hall–Kier alpha value is -0.0700. The van der Waals surface area contributed by atoms with E-state index < -0.39 is 0 Å². The van der Waals surface area contributed by atoms with Crippen molar-refractivity contribution in [1.29, 1.82) is 0 Å². The second-order valence-electron chi connectivity index (χ2n) is 5.13. The van der Waals surface area contributed by atoms with Gasteiger partial charge in [-0.1, -0.05) is 6.92 Å². The molecule has 1 aromatic rings. The monoisotopic (exact) mass is 300 g/mol. The van der Waals surface area contributed by atoms with E-state index in [2.05, 4.69) is 35.6 Å². The molecule has 1 aliphatic rings. The highest BCUT2D eigenvalue weighted by molar-refractivity contribution is 8.01. The van der Waals surface area contributed by atoms with Crippen LogP contribution in [-0.4, -0.2) is 50.5 Å². The van der Waals surface area contributed by atoms with Crippen LogP contribution in [-0.2, 0) is 4.74 Å². The third-order valence-corrected chi connectivity index (χ3v) is 5.81. The third-order valence-electron chi connectivity index (χ3n) is 3.47. The summed E-state index contributed by atoms with van der Waals surface area (Å²) in [4.78, 5) is 2.31. The number of ether oxygens (including phenoxy) is 1. The van der Waals surface area contributed by atoms with Crippen molar-refractivity contribution in [3.05, 3.63) is 17.0 Å². The molecule has 19 heavy (non-hydrogen) atoms. The predicted octanol–water partition coefficient (Wildman–Crippen LogP) is 2.84. The van der Waals surface area contributed by atoms with Crippen LogP contribution in [0.4, 0.5) is 0 Å². The first-order valence-corrected chi connectivity index (χ1v) is 8.61. The Bertz CT molecular complexity index is 383. The van der Waals surface area contributed by atoms with Crippen LogP contribution in [0.15, 0.2) is 15.7 Å². The van der Waals surface area contributed by atoms with Crippen molar-refractivity contribution in [3.63, 3.8) is 0 Å². The molecule has 2 atom stereocenters. The number of thioether (sulfide) groups is 1. The molecule has 0 aromatic carbocycles. The Morgan fingerprint density at radius 3 is 3.11 bits per heavy atom. The maximum Gasteiger partial charge on any atom is 0.0649 e. The first kappa shape index (κ1) is 15.3. The smallest absolute Gasteiger partial charge is 0.0649 e. The van der Waals surface area contributed by atoms with Gasteiger partial charge < -0.3 is 15.0 Å². The fraction of sp³-hybridized carbons (Fsp3) is 0.714. The lowest BCUT2D eigenvalue weighted by atomic mass is 10.1. The van der Waals surface area contributed by atoms with Crippen molar-refractivity contribution < 1.29 is 4.74 Å². The molecule has 0 saturated heterocycles. The first-order valence-electron chi connectivity index (χ1n) is 6.85. The Morgan fingerprint density at radius 1 is 1.47 bits per heavy atom. The largest absolute Gasteiger partial charge is 0.383 e. The van der Waals surface area contributed by atoms with E-state index in [1.54, 1.807) is 7.11 Å². The zero-order valence-electron chi connectivity index (χ0n) is 12.0. The van der Waals surface area contributed by atoms with Gasteiger partial charge in [0.05, 0.1) is 10.8 Å². The molecule has 0 amide bonds. The minimum atomic E-state index is 0.535. The molecule has 0 saturated carbocycles. The summed E-state index contributed by atoms with van der Waals surface area (Å²) in [6.45, 7) is 6.24. The number of thiophene rings is 1. The minimum absolute atomic E-state index is 0.535. The van der Waals surface area contributed by atoms with Gasteiger partial charge in [0.2, 0.25) is 0 Å². The van der Waals surface area contributed by atoms with Crippen molar-refractivity contribution in [2.75, 3.05) is 40.4 Å². The number of rotatable bonds is 7. The van der Waals surface area contributed by atoms with Gasteiger partial charge in [-0.05, 0) is 30.5 Å². The summed E-state index contributed by atoms with van der Waals surface area (Å²) < 4.78 is 6.60. The van der Waals surface area contributed by atoms with E-state index in [1.807, 2.05) is 23.1 Å². The maximum absolute atomic E-state index is 5.10. The molecule has 3 nitrogen and oxygen atoms in total. The average molecular weight is 300 g/mol. The molecular weight excluding hydrogens is 276 g/mol. The van der Waals surface area contributed by atoms with E-state index in [-0.39, 0.29) is 0 Å².